The van der Waals surface area contributed by atoms with Gasteiger partial charge in [0.1, 0.15) is 0 Å². The molecule has 0 aromatic heterocycles. The molecule has 0 nitrogen and oxygen atoms in total. The molecule has 0 amide bonds. The van der Waals surface area contributed by atoms with Crippen LogP contribution in [0, 0.1) is 0 Å². The molecule has 0 aliphatic carbocycles. The van der Waals surface area contributed by atoms with Crippen LogP contribution >= 0.6 is 47.6 Å². The maximum Gasteiger partial charge on any atom is 0.264 e. The Morgan fingerprint density at radius 2 is 1.56 bits per heavy atom. The Morgan fingerprint density at radius 3 is 2.12 bits per heavy atom. The fourth-order valence-corrected chi connectivity index (χ4v) is 3.39. The molecule has 0 aliphatic heterocycles. The average molecular weight is 417 g/mol. The summed E-state index contributed by atoms with van der Waals surface area (Å²) in [5, 5.41) is 0. The Morgan fingerprint density at radius 1 is 0.938 bits per heavy atom. The number of rotatable bonds is 9. The summed E-state index contributed by atoms with van der Waals surface area (Å²) in [6.07, 6.45) is 10.2. The van der Waals surface area contributed by atoms with Crippen LogP contribution in [0.5, 0.6) is 0 Å². The van der Waals surface area contributed by atoms with E-state index in [-0.39, 0.29) is 0 Å². The molecule has 0 aromatic rings. The second-order valence-corrected chi connectivity index (χ2v) is 7.09. The SMILES string of the molecule is CCCCCCB(Br)/C(Br)=C(\Br)CCCC. The minimum Gasteiger partial charge on any atom is -0.149 e. The molecule has 94 valence electrons. The first-order valence-electron chi connectivity index (χ1n) is 6.31. The van der Waals surface area contributed by atoms with Gasteiger partial charge in [-0.25, -0.2) is 0 Å². The van der Waals surface area contributed by atoms with Crippen LogP contribution in [-0.2, 0) is 0 Å². The molecule has 0 aliphatic rings. The van der Waals surface area contributed by atoms with E-state index < -0.39 is 0 Å². The maximum atomic E-state index is 3.75. The lowest BCUT2D eigenvalue weighted by atomic mass is 9.71. The van der Waals surface area contributed by atoms with Gasteiger partial charge in [0, 0.05) is 0 Å². The molecule has 0 saturated heterocycles. The Labute approximate surface area is 126 Å². The van der Waals surface area contributed by atoms with Crippen molar-refractivity contribution in [3.63, 3.8) is 0 Å². The number of hydrogen-bond acceptors (Lipinski definition) is 0. The predicted molar refractivity (Wildman–Crippen MR) is 88.0 cm³/mol. The average Bonchev–Trinajstić information content (AvgIpc) is 2.30. The largest absolute Gasteiger partial charge is 0.264 e. The minimum atomic E-state index is 0.482. The molecule has 0 heterocycles. The van der Waals surface area contributed by atoms with Gasteiger partial charge in [-0.05, 0) is 21.7 Å². The maximum absolute atomic E-state index is 3.75. The highest BCUT2D eigenvalue weighted by Crippen LogP contribution is 2.30. The fourth-order valence-electron chi connectivity index (χ4n) is 1.50. The quantitative estimate of drug-likeness (QED) is 0.290. The van der Waals surface area contributed by atoms with Gasteiger partial charge in [-0.15, -0.1) is 15.8 Å². The lowest BCUT2D eigenvalue weighted by Crippen LogP contribution is -2.04. The molecule has 0 saturated carbocycles. The van der Waals surface area contributed by atoms with Crippen LogP contribution in [0.25, 0.3) is 0 Å². The highest BCUT2D eigenvalue weighted by atomic mass is 79.9. The van der Waals surface area contributed by atoms with Crippen molar-refractivity contribution in [2.45, 2.75) is 65.1 Å². The second-order valence-electron chi connectivity index (χ2n) is 4.17. The molecule has 0 atom stereocenters. The molecule has 0 rings (SSSR count). The summed E-state index contributed by atoms with van der Waals surface area (Å²) < 4.78 is 2.63. The van der Waals surface area contributed by atoms with Crippen molar-refractivity contribution in [2.75, 3.05) is 0 Å². The Bertz CT molecular complexity index is 204. The summed E-state index contributed by atoms with van der Waals surface area (Å²) in [5.41, 5.74) is 0.482. The van der Waals surface area contributed by atoms with Gasteiger partial charge in [0.25, 0.3) is 5.54 Å². The van der Waals surface area contributed by atoms with Crippen molar-refractivity contribution in [1.82, 2.24) is 0 Å². The van der Waals surface area contributed by atoms with Gasteiger partial charge in [-0.1, -0.05) is 84.1 Å². The summed E-state index contributed by atoms with van der Waals surface area (Å²) >= 11 is 11.1. The Kier molecular flexibility index (Phi) is 12.2. The zero-order valence-corrected chi connectivity index (χ0v) is 15.1. The lowest BCUT2D eigenvalue weighted by molar-refractivity contribution is 0.700. The van der Waals surface area contributed by atoms with Crippen molar-refractivity contribution >= 4 is 53.2 Å². The van der Waals surface area contributed by atoms with E-state index in [0.717, 1.165) is 6.42 Å². The third-order valence-corrected chi connectivity index (χ3v) is 6.51. The van der Waals surface area contributed by atoms with Gasteiger partial charge in [-0.2, -0.15) is 0 Å². The van der Waals surface area contributed by atoms with Crippen LogP contribution in [0.2, 0.25) is 6.32 Å². The summed E-state index contributed by atoms with van der Waals surface area (Å²) in [7, 11) is 0. The van der Waals surface area contributed by atoms with Gasteiger partial charge in [-0.3, -0.25) is 0 Å². The molecule has 0 radical (unpaired) electrons. The molecule has 4 heteroatoms. The standard InChI is InChI=1S/C12H22BBr3/c1-3-5-7-8-10-13(16)12(15)11(14)9-6-4-2/h3-10H2,1-2H3/b12-11+. The summed E-state index contributed by atoms with van der Waals surface area (Å²) in [4.78, 5) is 0. The fraction of sp³-hybridized carbons (Fsp3) is 0.833. The molecule has 0 bridgehead atoms. The molecule has 0 fully saturated rings. The highest BCUT2D eigenvalue weighted by molar-refractivity contribution is 9.27. The van der Waals surface area contributed by atoms with Gasteiger partial charge in [0.05, 0.1) is 0 Å². The zero-order valence-electron chi connectivity index (χ0n) is 10.4. The molecular formula is C12H22BBr3. The molecular weight excluding hydrogens is 395 g/mol. The van der Waals surface area contributed by atoms with Crippen LogP contribution in [-0.4, -0.2) is 5.54 Å². The van der Waals surface area contributed by atoms with E-state index in [9.17, 15) is 0 Å². The predicted octanol–water partition coefficient (Wildman–Crippen LogP) is 6.68. The molecule has 0 N–H and O–H groups in total. The van der Waals surface area contributed by atoms with Crippen molar-refractivity contribution in [2.24, 2.45) is 0 Å². The van der Waals surface area contributed by atoms with Crippen molar-refractivity contribution in [3.8, 4) is 0 Å². The zero-order chi connectivity index (χ0) is 12.4. The highest BCUT2D eigenvalue weighted by Gasteiger charge is 2.15. The van der Waals surface area contributed by atoms with Gasteiger partial charge in [0.15, 0.2) is 0 Å². The number of allylic oxidation sites excluding steroid dienone is 1. The number of hydrogen-bond donors (Lipinski definition) is 0. The van der Waals surface area contributed by atoms with Gasteiger partial charge < -0.3 is 0 Å². The Balaban J connectivity index is 3.90. The van der Waals surface area contributed by atoms with Crippen LogP contribution in [0.3, 0.4) is 0 Å². The molecule has 16 heavy (non-hydrogen) atoms. The topological polar surface area (TPSA) is 0 Å². The third-order valence-electron chi connectivity index (χ3n) is 2.60. The van der Waals surface area contributed by atoms with Crippen molar-refractivity contribution < 1.29 is 0 Å². The number of halogens is 3. The van der Waals surface area contributed by atoms with E-state index in [1.807, 2.05) is 0 Å². The van der Waals surface area contributed by atoms with E-state index in [1.165, 1.54) is 53.7 Å². The normalized spacial score (nSPS) is 12.6. The van der Waals surface area contributed by atoms with Gasteiger partial charge in [0.2, 0.25) is 0 Å². The smallest absolute Gasteiger partial charge is 0.149 e. The van der Waals surface area contributed by atoms with Gasteiger partial charge >= 0.3 is 0 Å². The Hall–Kier alpha value is 1.24. The van der Waals surface area contributed by atoms with Crippen LogP contribution in [0.1, 0.15) is 58.8 Å². The monoisotopic (exact) mass is 414 g/mol. The summed E-state index contributed by atoms with van der Waals surface area (Å²) in [5.74, 6) is 0. The van der Waals surface area contributed by atoms with E-state index in [1.54, 1.807) is 0 Å². The van der Waals surface area contributed by atoms with Crippen molar-refractivity contribution in [3.05, 3.63) is 8.86 Å². The molecule has 0 unspecified atom stereocenters. The van der Waals surface area contributed by atoms with Crippen LogP contribution in [0.15, 0.2) is 8.86 Å². The number of unbranched alkanes of at least 4 members (excludes halogenated alkanes) is 4. The van der Waals surface area contributed by atoms with Crippen LogP contribution < -0.4 is 0 Å². The summed E-state index contributed by atoms with van der Waals surface area (Å²) in [6, 6.07) is 0. The van der Waals surface area contributed by atoms with E-state index >= 15 is 0 Å². The summed E-state index contributed by atoms with van der Waals surface area (Å²) in [6.45, 7) is 4.48. The molecule has 0 spiro atoms. The minimum absolute atomic E-state index is 0.482. The first kappa shape index (κ1) is 17.2. The van der Waals surface area contributed by atoms with E-state index in [2.05, 4.69) is 61.5 Å². The first-order valence-corrected chi connectivity index (χ1v) is 8.81. The van der Waals surface area contributed by atoms with E-state index in [4.69, 9.17) is 0 Å². The van der Waals surface area contributed by atoms with E-state index in [0.29, 0.717) is 5.54 Å². The molecule has 0 aromatic carbocycles. The van der Waals surface area contributed by atoms with Crippen molar-refractivity contribution in [1.29, 1.82) is 0 Å². The lowest BCUT2D eigenvalue weighted by Gasteiger charge is -2.08. The first-order chi connectivity index (χ1) is 7.63. The second kappa shape index (κ2) is 11.3. The third kappa shape index (κ3) is 8.35. The van der Waals surface area contributed by atoms with Crippen LogP contribution in [0.4, 0.5) is 0 Å².